The molecule has 0 aliphatic carbocycles. The molecule has 2 heterocycles. The summed E-state index contributed by atoms with van der Waals surface area (Å²) in [7, 11) is -0.823. The van der Waals surface area contributed by atoms with E-state index < -0.39 is 27.0 Å². The first-order valence-electron chi connectivity index (χ1n) is 11.8. The summed E-state index contributed by atoms with van der Waals surface area (Å²) in [5.74, 6) is -1.77. The molecule has 3 aromatic carbocycles. The number of fused-ring (bicyclic) bond motifs is 1. The van der Waals surface area contributed by atoms with Gasteiger partial charge in [-0.3, -0.25) is 4.79 Å². The van der Waals surface area contributed by atoms with Gasteiger partial charge in [0.25, 0.3) is 5.56 Å². The molecule has 0 bridgehead atoms. The van der Waals surface area contributed by atoms with E-state index in [9.17, 15) is 22.0 Å². The predicted octanol–water partition coefficient (Wildman–Crippen LogP) is 5.37. The third kappa shape index (κ3) is 4.61. The quantitative estimate of drug-likeness (QED) is 0.245. The minimum Gasteiger partial charge on any atom is -0.454 e. The van der Waals surface area contributed by atoms with Crippen LogP contribution in [0, 0.1) is 18.6 Å². The second-order valence-electron chi connectivity index (χ2n) is 9.06. The smallest absolute Gasteiger partial charge is 0.274 e. The number of rotatable bonds is 6. The van der Waals surface area contributed by atoms with Crippen molar-refractivity contribution < 1.29 is 21.9 Å². The number of anilines is 2. The van der Waals surface area contributed by atoms with Gasteiger partial charge in [-0.15, -0.1) is 0 Å². The van der Waals surface area contributed by atoms with E-state index in [0.29, 0.717) is 34.0 Å². The largest absolute Gasteiger partial charge is 0.454 e. The number of nitrogen functional groups attached to an aromatic ring is 1. The fourth-order valence-corrected chi connectivity index (χ4v) is 5.56. The van der Waals surface area contributed by atoms with Crippen molar-refractivity contribution in [2.45, 2.75) is 16.8 Å². The lowest BCUT2D eigenvalue weighted by atomic mass is 10.0. The standard InChI is InChI=1S/C28H24F2N4O4S/c1-15-4-7-17(8-5-15)39(36,37)26-12-19-20(14-34(3)28(35)27(19)33-26)18-11-22(31)23(32-2)13-25(18)38-24-9-6-16(29)10-21(24)30/h4-14,32-33H,31H2,1-3H3. The fourth-order valence-electron chi connectivity index (χ4n) is 4.30. The number of sulfone groups is 1. The summed E-state index contributed by atoms with van der Waals surface area (Å²) in [6, 6.07) is 13.8. The average Bonchev–Trinajstić information content (AvgIpc) is 3.36. The van der Waals surface area contributed by atoms with Crippen molar-refractivity contribution in [2.24, 2.45) is 7.05 Å². The van der Waals surface area contributed by atoms with Gasteiger partial charge in [0.15, 0.2) is 11.6 Å². The number of halogens is 2. The Bertz CT molecular complexity index is 1910. The van der Waals surface area contributed by atoms with Crippen LogP contribution in [0.25, 0.3) is 22.0 Å². The van der Waals surface area contributed by atoms with E-state index in [2.05, 4.69) is 10.3 Å². The molecule has 0 radical (unpaired) electrons. The van der Waals surface area contributed by atoms with Gasteiger partial charge in [0.05, 0.1) is 16.3 Å². The van der Waals surface area contributed by atoms with Crippen LogP contribution in [0.4, 0.5) is 20.2 Å². The highest BCUT2D eigenvalue weighted by Crippen LogP contribution is 2.42. The second kappa shape index (κ2) is 9.59. The van der Waals surface area contributed by atoms with E-state index in [4.69, 9.17) is 10.5 Å². The van der Waals surface area contributed by atoms with Crippen LogP contribution in [0.15, 0.2) is 81.6 Å². The Hall–Kier alpha value is -4.64. The maximum atomic E-state index is 14.5. The normalized spacial score (nSPS) is 11.6. The van der Waals surface area contributed by atoms with Gasteiger partial charge >= 0.3 is 0 Å². The lowest BCUT2D eigenvalue weighted by Crippen LogP contribution is -2.16. The molecule has 0 amide bonds. The molecule has 0 spiro atoms. The fraction of sp³-hybridized carbons (Fsp3) is 0.107. The number of aromatic nitrogens is 2. The summed E-state index contributed by atoms with van der Waals surface area (Å²) in [5, 5.41) is 3.06. The van der Waals surface area contributed by atoms with E-state index in [1.54, 1.807) is 31.3 Å². The van der Waals surface area contributed by atoms with Crippen LogP contribution in [0.5, 0.6) is 11.5 Å². The van der Waals surface area contributed by atoms with E-state index in [1.807, 2.05) is 6.92 Å². The number of H-pyrrole nitrogens is 1. The summed E-state index contributed by atoms with van der Waals surface area (Å²) in [6.45, 7) is 1.85. The molecule has 39 heavy (non-hydrogen) atoms. The predicted molar refractivity (Wildman–Crippen MR) is 146 cm³/mol. The van der Waals surface area contributed by atoms with Crippen molar-refractivity contribution >= 4 is 32.1 Å². The van der Waals surface area contributed by atoms with E-state index in [-0.39, 0.29) is 26.9 Å². The summed E-state index contributed by atoms with van der Waals surface area (Å²) < 4.78 is 62.0. The highest BCUT2D eigenvalue weighted by Gasteiger charge is 2.24. The first-order chi connectivity index (χ1) is 18.5. The van der Waals surface area contributed by atoms with Crippen molar-refractivity contribution in [1.29, 1.82) is 0 Å². The number of aryl methyl sites for hydroxylation is 2. The molecule has 0 atom stereocenters. The number of nitrogens with zero attached hydrogens (tertiary/aromatic N) is 1. The lowest BCUT2D eigenvalue weighted by Gasteiger charge is -2.17. The zero-order valence-electron chi connectivity index (χ0n) is 21.2. The minimum atomic E-state index is -3.99. The van der Waals surface area contributed by atoms with Gasteiger partial charge in [-0.05, 0) is 43.3 Å². The molecule has 5 rings (SSSR count). The summed E-state index contributed by atoms with van der Waals surface area (Å²) >= 11 is 0. The number of hydrogen-bond acceptors (Lipinski definition) is 6. The molecule has 0 saturated carbocycles. The number of ether oxygens (including phenoxy) is 1. The lowest BCUT2D eigenvalue weighted by molar-refractivity contribution is 0.439. The van der Waals surface area contributed by atoms with E-state index >= 15 is 0 Å². The Labute approximate surface area is 222 Å². The van der Waals surface area contributed by atoms with Crippen molar-refractivity contribution in [3.63, 3.8) is 0 Å². The highest BCUT2D eigenvalue weighted by atomic mass is 32.2. The molecule has 8 nitrogen and oxygen atoms in total. The Morgan fingerprint density at radius 1 is 0.974 bits per heavy atom. The molecule has 0 fully saturated rings. The SMILES string of the molecule is CNc1cc(Oc2ccc(F)cc2F)c(-c2cn(C)c(=O)c3[nH]c(S(=O)(=O)c4ccc(C)cc4)cc23)cc1N. The molecule has 4 N–H and O–H groups in total. The maximum Gasteiger partial charge on any atom is 0.274 e. The van der Waals surface area contributed by atoms with Crippen LogP contribution in [0.1, 0.15) is 5.56 Å². The number of nitrogens with one attached hydrogen (secondary N) is 2. The minimum absolute atomic E-state index is 0.0517. The van der Waals surface area contributed by atoms with Gasteiger partial charge < -0.3 is 25.3 Å². The highest BCUT2D eigenvalue weighted by molar-refractivity contribution is 7.91. The van der Waals surface area contributed by atoms with E-state index in [0.717, 1.165) is 17.7 Å². The number of aromatic amines is 1. The monoisotopic (exact) mass is 550 g/mol. The van der Waals surface area contributed by atoms with Crippen LogP contribution in [-0.2, 0) is 16.9 Å². The van der Waals surface area contributed by atoms with Crippen LogP contribution in [-0.4, -0.2) is 25.0 Å². The molecular formula is C28H24F2N4O4S. The number of pyridine rings is 1. The van der Waals surface area contributed by atoms with Gasteiger partial charge in [-0.2, -0.15) is 0 Å². The molecule has 2 aromatic heterocycles. The zero-order valence-corrected chi connectivity index (χ0v) is 22.0. The van der Waals surface area contributed by atoms with Crippen molar-refractivity contribution in [1.82, 2.24) is 9.55 Å². The molecular weight excluding hydrogens is 526 g/mol. The molecule has 0 aliphatic rings. The van der Waals surface area contributed by atoms with Crippen LogP contribution in [0.2, 0.25) is 0 Å². The molecule has 200 valence electrons. The Morgan fingerprint density at radius 3 is 2.36 bits per heavy atom. The van der Waals surface area contributed by atoms with Crippen LogP contribution < -0.4 is 21.3 Å². The van der Waals surface area contributed by atoms with Crippen LogP contribution in [0.3, 0.4) is 0 Å². The van der Waals surface area contributed by atoms with Crippen molar-refractivity contribution in [3.05, 3.63) is 94.4 Å². The number of benzene rings is 3. The van der Waals surface area contributed by atoms with E-state index in [1.165, 1.54) is 36.0 Å². The number of hydrogen-bond donors (Lipinski definition) is 3. The first kappa shape index (κ1) is 26.0. The van der Waals surface area contributed by atoms with Gasteiger partial charge in [0, 0.05) is 48.9 Å². The Kier molecular flexibility index (Phi) is 6.39. The second-order valence-corrected chi connectivity index (χ2v) is 11.0. The molecule has 0 unspecified atom stereocenters. The molecule has 0 saturated heterocycles. The summed E-state index contributed by atoms with van der Waals surface area (Å²) in [6.07, 6.45) is 1.52. The average molecular weight is 551 g/mol. The maximum absolute atomic E-state index is 14.5. The topological polar surface area (TPSA) is 119 Å². The first-order valence-corrected chi connectivity index (χ1v) is 13.3. The summed E-state index contributed by atoms with van der Waals surface area (Å²) in [5.41, 5.74) is 8.30. The third-order valence-corrected chi connectivity index (χ3v) is 8.08. The van der Waals surface area contributed by atoms with Crippen molar-refractivity contribution in [3.8, 4) is 22.6 Å². The third-order valence-electron chi connectivity index (χ3n) is 6.39. The Morgan fingerprint density at radius 2 is 1.69 bits per heavy atom. The number of nitrogens with two attached hydrogens (primary N) is 1. The van der Waals surface area contributed by atoms with Crippen molar-refractivity contribution in [2.75, 3.05) is 18.1 Å². The van der Waals surface area contributed by atoms with Crippen LogP contribution >= 0.6 is 0 Å². The van der Waals surface area contributed by atoms with Gasteiger partial charge in [-0.25, -0.2) is 17.2 Å². The molecule has 0 aliphatic heterocycles. The zero-order chi connectivity index (χ0) is 28.1. The van der Waals surface area contributed by atoms with Gasteiger partial charge in [-0.1, -0.05) is 17.7 Å². The molecule has 11 heteroatoms. The summed E-state index contributed by atoms with van der Waals surface area (Å²) in [4.78, 5) is 15.9. The van der Waals surface area contributed by atoms with Gasteiger partial charge in [0.1, 0.15) is 22.1 Å². The Balaban J connectivity index is 1.75. The van der Waals surface area contributed by atoms with Gasteiger partial charge in [0.2, 0.25) is 9.84 Å². The molecule has 5 aromatic rings.